The molecule has 40 heavy (non-hydrogen) atoms. The Morgan fingerprint density at radius 3 is 1.77 bits per heavy atom. The number of rotatable bonds is 21. The Morgan fingerprint density at radius 1 is 0.775 bits per heavy atom. The van der Waals surface area contributed by atoms with Gasteiger partial charge in [-0.25, -0.2) is 4.98 Å². The summed E-state index contributed by atoms with van der Waals surface area (Å²) in [5.74, 6) is -0.128. The summed E-state index contributed by atoms with van der Waals surface area (Å²) in [5.41, 5.74) is 0.478. The van der Waals surface area contributed by atoms with Gasteiger partial charge in [0.1, 0.15) is 5.15 Å². The number of nitrogens with one attached hydrogen (secondary N) is 2. The van der Waals surface area contributed by atoms with E-state index in [1.807, 2.05) is 7.05 Å². The third kappa shape index (κ3) is 20.7. The normalized spacial score (nSPS) is 12.4. The Hall–Kier alpha value is -3.22. The van der Waals surface area contributed by atoms with Crippen molar-refractivity contribution in [2.45, 2.75) is 58.3 Å². The molecule has 0 aliphatic carbocycles. The topological polar surface area (TPSA) is 74.3 Å². The fourth-order valence-electron chi connectivity index (χ4n) is 3.41. The summed E-state index contributed by atoms with van der Waals surface area (Å²) in [5, 5.41) is 6.16. The van der Waals surface area contributed by atoms with Crippen molar-refractivity contribution in [2.75, 3.05) is 33.2 Å². The summed E-state index contributed by atoms with van der Waals surface area (Å²) in [4.78, 5) is 30.1. The molecule has 6 nitrogen and oxygen atoms in total. The van der Waals surface area contributed by atoms with Crippen LogP contribution < -0.4 is 10.6 Å². The number of pyridine rings is 1. The second kappa shape index (κ2) is 24.8. The zero-order valence-electron chi connectivity index (χ0n) is 24.2. The highest BCUT2D eigenvalue weighted by molar-refractivity contribution is 6.29. The zero-order chi connectivity index (χ0) is 29.1. The average molecular weight is 567 g/mol. The monoisotopic (exact) mass is 566 g/mol. The minimum atomic E-state index is -0.180. The molecule has 1 aromatic heterocycles. The van der Waals surface area contributed by atoms with Gasteiger partial charge in [-0.15, -0.1) is 0 Å². The molecule has 0 aliphatic rings. The highest BCUT2D eigenvalue weighted by atomic mass is 35.5. The van der Waals surface area contributed by atoms with Crippen LogP contribution in [0.25, 0.3) is 0 Å². The lowest BCUT2D eigenvalue weighted by Gasteiger charge is -2.17. The van der Waals surface area contributed by atoms with Gasteiger partial charge < -0.3 is 15.5 Å². The molecule has 0 spiro atoms. The van der Waals surface area contributed by atoms with Crippen LogP contribution in [0.15, 0.2) is 91.2 Å². The highest BCUT2D eigenvalue weighted by Gasteiger charge is 2.06. The van der Waals surface area contributed by atoms with Crippen molar-refractivity contribution >= 4 is 23.4 Å². The Kier molecular flexibility index (Phi) is 21.6. The van der Waals surface area contributed by atoms with Crippen LogP contribution in [0.5, 0.6) is 0 Å². The Bertz CT molecular complexity index is 994. The molecule has 0 fully saturated rings. The van der Waals surface area contributed by atoms with Gasteiger partial charge in [0.2, 0.25) is 5.91 Å². The number of nitrogens with zero attached hydrogens (tertiary/aromatic N) is 2. The largest absolute Gasteiger partial charge is 0.355 e. The highest BCUT2D eigenvalue weighted by Crippen LogP contribution is 2.05. The van der Waals surface area contributed by atoms with Crippen LogP contribution in [0, 0.1) is 0 Å². The minimum Gasteiger partial charge on any atom is -0.355 e. The van der Waals surface area contributed by atoms with E-state index in [0.717, 1.165) is 44.9 Å². The molecular weight excluding hydrogens is 520 g/mol. The number of allylic oxidation sites excluding steroid dienone is 12. The minimum absolute atomic E-state index is 0.0523. The molecule has 0 aliphatic heterocycles. The molecule has 2 N–H and O–H groups in total. The van der Waals surface area contributed by atoms with Gasteiger partial charge in [-0.1, -0.05) is 91.4 Å². The third-order valence-electron chi connectivity index (χ3n) is 5.72. The van der Waals surface area contributed by atoms with E-state index in [-0.39, 0.29) is 11.8 Å². The molecule has 0 unspecified atom stereocenters. The van der Waals surface area contributed by atoms with Crippen LogP contribution in [0.3, 0.4) is 0 Å². The lowest BCUT2D eigenvalue weighted by molar-refractivity contribution is -0.121. The van der Waals surface area contributed by atoms with E-state index in [0.29, 0.717) is 43.3 Å². The first kappa shape index (κ1) is 34.8. The number of aromatic nitrogens is 1. The standard InChI is InChI=1S/C33H47ClN4O2/c1-3-4-5-6-7-8-9-10-11-12-13-14-15-16-17-18-19-20-21-22-32(39)35-25-27-38(2)28-26-36-33(40)30-23-24-31(34)37-29-30/h4-5,7-8,10-11,13-14,16-17,19-20,23-24,29H,3,6,9,12,15,18,21-22,25-28H2,1-2H3,(H,35,39)(H,36,40). The smallest absolute Gasteiger partial charge is 0.252 e. The van der Waals surface area contributed by atoms with Gasteiger partial charge in [-0.05, 0) is 64.1 Å². The van der Waals surface area contributed by atoms with E-state index >= 15 is 0 Å². The molecule has 0 atom stereocenters. The van der Waals surface area contributed by atoms with E-state index in [1.54, 1.807) is 12.1 Å². The van der Waals surface area contributed by atoms with Crippen LogP contribution >= 0.6 is 11.6 Å². The summed E-state index contributed by atoms with van der Waals surface area (Å²) >= 11 is 5.74. The maximum atomic E-state index is 12.1. The molecule has 1 aromatic rings. The molecular formula is C33H47ClN4O2. The number of carbonyl (C=O) groups excluding carboxylic acids is 2. The van der Waals surface area contributed by atoms with Crippen LogP contribution in [0.1, 0.15) is 68.6 Å². The molecule has 1 heterocycles. The maximum Gasteiger partial charge on any atom is 0.252 e. The molecule has 0 bridgehead atoms. The van der Waals surface area contributed by atoms with Gasteiger partial charge >= 0.3 is 0 Å². The maximum absolute atomic E-state index is 12.1. The van der Waals surface area contributed by atoms with Crippen LogP contribution in [-0.4, -0.2) is 54.9 Å². The van der Waals surface area contributed by atoms with Crippen molar-refractivity contribution in [3.05, 3.63) is 102 Å². The van der Waals surface area contributed by atoms with Gasteiger partial charge in [0.15, 0.2) is 0 Å². The summed E-state index contributed by atoms with van der Waals surface area (Å²) in [6.07, 6.45) is 34.7. The lowest BCUT2D eigenvalue weighted by atomic mass is 10.2. The molecule has 0 saturated heterocycles. The van der Waals surface area contributed by atoms with Gasteiger partial charge in [0.05, 0.1) is 5.56 Å². The average Bonchev–Trinajstić information content (AvgIpc) is 2.94. The van der Waals surface area contributed by atoms with E-state index in [2.05, 4.69) is 100 Å². The second-order valence-electron chi connectivity index (χ2n) is 9.23. The van der Waals surface area contributed by atoms with Crippen molar-refractivity contribution in [1.82, 2.24) is 20.5 Å². The quantitative estimate of drug-likeness (QED) is 0.124. The van der Waals surface area contributed by atoms with Gasteiger partial charge in [-0.2, -0.15) is 0 Å². The third-order valence-corrected chi connectivity index (χ3v) is 5.94. The molecule has 0 saturated carbocycles. The van der Waals surface area contributed by atoms with Crippen LogP contribution in [0.2, 0.25) is 5.15 Å². The van der Waals surface area contributed by atoms with Gasteiger partial charge in [-0.3, -0.25) is 9.59 Å². The first-order valence-corrected chi connectivity index (χ1v) is 14.7. The predicted octanol–water partition coefficient (Wildman–Crippen LogP) is 6.99. The molecule has 0 aromatic carbocycles. The van der Waals surface area contributed by atoms with Crippen molar-refractivity contribution in [3.8, 4) is 0 Å². The summed E-state index contributed by atoms with van der Waals surface area (Å²) in [6, 6.07) is 3.23. The number of hydrogen-bond donors (Lipinski definition) is 2. The van der Waals surface area contributed by atoms with Crippen molar-refractivity contribution < 1.29 is 9.59 Å². The van der Waals surface area contributed by atoms with Crippen LogP contribution in [-0.2, 0) is 4.79 Å². The second-order valence-corrected chi connectivity index (χ2v) is 9.62. The van der Waals surface area contributed by atoms with Gasteiger partial charge in [0.25, 0.3) is 5.91 Å². The SMILES string of the molecule is CCC=CCC=CCC=CCC=CCC=CCC=CCCC(=O)NCCN(C)CCNC(=O)c1ccc(Cl)nc1. The number of amides is 2. The number of hydrogen-bond acceptors (Lipinski definition) is 4. The van der Waals surface area contributed by atoms with Crippen molar-refractivity contribution in [3.63, 3.8) is 0 Å². The van der Waals surface area contributed by atoms with Crippen LogP contribution in [0.4, 0.5) is 0 Å². The lowest BCUT2D eigenvalue weighted by Crippen LogP contribution is -2.37. The number of carbonyl (C=O) groups is 2. The predicted molar refractivity (Wildman–Crippen MR) is 170 cm³/mol. The Balaban J connectivity index is 1.98. The Morgan fingerprint density at radius 2 is 1.27 bits per heavy atom. The zero-order valence-corrected chi connectivity index (χ0v) is 25.0. The van der Waals surface area contributed by atoms with E-state index < -0.39 is 0 Å². The summed E-state index contributed by atoms with van der Waals surface area (Å²) < 4.78 is 0. The van der Waals surface area contributed by atoms with E-state index in [4.69, 9.17) is 11.6 Å². The molecule has 2 amide bonds. The Labute approximate surface area is 246 Å². The number of halogens is 1. The van der Waals surface area contributed by atoms with Crippen molar-refractivity contribution in [1.29, 1.82) is 0 Å². The van der Waals surface area contributed by atoms with Gasteiger partial charge in [0, 0.05) is 38.8 Å². The molecule has 7 heteroatoms. The molecule has 218 valence electrons. The first-order chi connectivity index (χ1) is 19.5. The van der Waals surface area contributed by atoms with E-state index in [1.165, 1.54) is 6.20 Å². The van der Waals surface area contributed by atoms with E-state index in [9.17, 15) is 9.59 Å². The number of likely N-dealkylation sites (N-methyl/N-ethyl adjacent to an activating group) is 1. The molecule has 0 radical (unpaired) electrons. The van der Waals surface area contributed by atoms with Crippen molar-refractivity contribution in [2.24, 2.45) is 0 Å². The molecule has 1 rings (SSSR count). The fraction of sp³-hybridized carbons (Fsp3) is 0.424. The fourth-order valence-corrected chi connectivity index (χ4v) is 3.52. The summed E-state index contributed by atoms with van der Waals surface area (Å²) in [7, 11) is 1.96. The summed E-state index contributed by atoms with van der Waals surface area (Å²) in [6.45, 7) is 4.63. The first-order valence-electron chi connectivity index (χ1n) is 14.3.